The van der Waals surface area contributed by atoms with Crippen LogP contribution in [0.4, 0.5) is 0 Å². The first-order chi connectivity index (χ1) is 10.2. The number of carbonyl (C=O) groups is 1. The maximum Gasteiger partial charge on any atom is 0.220 e. The number of amides is 1. The number of aromatic nitrogens is 1. The summed E-state index contributed by atoms with van der Waals surface area (Å²) in [6.45, 7) is 0.534. The summed E-state index contributed by atoms with van der Waals surface area (Å²) in [6.07, 6.45) is 7.09. The van der Waals surface area contributed by atoms with Crippen molar-refractivity contribution in [3.63, 3.8) is 0 Å². The van der Waals surface area contributed by atoms with Crippen LogP contribution in [0.5, 0.6) is 5.75 Å². The highest BCUT2D eigenvalue weighted by molar-refractivity contribution is 5.82. The molecule has 110 valence electrons. The number of carbonyl (C=O) groups excluding carboxylic acids is 1. The zero-order valence-electron chi connectivity index (χ0n) is 12.2. The molecule has 1 aromatic carbocycles. The highest BCUT2D eigenvalue weighted by Crippen LogP contribution is 2.22. The smallest absolute Gasteiger partial charge is 0.220 e. The highest BCUT2D eigenvalue weighted by Gasteiger charge is 2.13. The molecule has 1 aliphatic carbocycles. The van der Waals surface area contributed by atoms with E-state index in [0.717, 1.165) is 35.2 Å². The van der Waals surface area contributed by atoms with Crippen molar-refractivity contribution >= 4 is 16.8 Å². The van der Waals surface area contributed by atoms with Crippen LogP contribution in [0.25, 0.3) is 10.9 Å². The average molecular weight is 284 g/mol. The van der Waals surface area contributed by atoms with E-state index in [2.05, 4.69) is 22.5 Å². The van der Waals surface area contributed by atoms with E-state index in [1.165, 1.54) is 0 Å². The van der Waals surface area contributed by atoms with Crippen LogP contribution < -0.4 is 10.1 Å². The third-order valence-electron chi connectivity index (χ3n) is 3.92. The van der Waals surface area contributed by atoms with Gasteiger partial charge in [-0.2, -0.15) is 0 Å². The largest absolute Gasteiger partial charge is 0.497 e. The number of rotatable bonds is 5. The van der Waals surface area contributed by atoms with E-state index in [-0.39, 0.29) is 5.91 Å². The first kappa shape index (κ1) is 13.7. The van der Waals surface area contributed by atoms with Crippen LogP contribution in [0.3, 0.4) is 0 Å². The van der Waals surface area contributed by atoms with Crippen LogP contribution >= 0.6 is 0 Å². The molecule has 0 saturated carbocycles. The van der Waals surface area contributed by atoms with Crippen LogP contribution in [-0.2, 0) is 11.3 Å². The van der Waals surface area contributed by atoms with Gasteiger partial charge >= 0.3 is 0 Å². The standard InChI is InChI=1S/C17H20N2O2/c1-21-15-6-7-16-13(10-15)9-14(19-16)11-18-17(20)8-12-4-2-3-5-12/h2,4,6-7,9-10,12,19H,3,5,8,11H2,1H3,(H,18,20). The summed E-state index contributed by atoms with van der Waals surface area (Å²) in [5, 5.41) is 4.07. The predicted octanol–water partition coefficient (Wildman–Crippen LogP) is 3.15. The molecule has 4 nitrogen and oxygen atoms in total. The van der Waals surface area contributed by atoms with E-state index in [1.54, 1.807) is 7.11 Å². The van der Waals surface area contributed by atoms with E-state index in [4.69, 9.17) is 4.74 Å². The van der Waals surface area contributed by atoms with Gasteiger partial charge in [0.15, 0.2) is 0 Å². The third-order valence-corrected chi connectivity index (χ3v) is 3.92. The minimum Gasteiger partial charge on any atom is -0.497 e. The lowest BCUT2D eigenvalue weighted by molar-refractivity contribution is -0.121. The monoisotopic (exact) mass is 284 g/mol. The number of ether oxygens (including phenoxy) is 1. The second-order valence-corrected chi connectivity index (χ2v) is 5.49. The molecule has 1 atom stereocenters. The molecule has 21 heavy (non-hydrogen) atoms. The van der Waals surface area contributed by atoms with Crippen molar-refractivity contribution in [1.29, 1.82) is 0 Å². The van der Waals surface area contributed by atoms with Gasteiger partial charge in [-0.25, -0.2) is 0 Å². The van der Waals surface area contributed by atoms with Gasteiger partial charge in [0, 0.05) is 23.0 Å². The Bertz CT molecular complexity index is 672. The fourth-order valence-electron chi connectivity index (χ4n) is 2.76. The number of fused-ring (bicyclic) bond motifs is 1. The molecule has 0 aliphatic heterocycles. The predicted molar refractivity (Wildman–Crippen MR) is 83.2 cm³/mol. The van der Waals surface area contributed by atoms with Crippen LogP contribution in [0.2, 0.25) is 0 Å². The van der Waals surface area contributed by atoms with Gasteiger partial charge in [0.1, 0.15) is 5.75 Å². The molecule has 2 N–H and O–H groups in total. The van der Waals surface area contributed by atoms with E-state index in [9.17, 15) is 4.79 Å². The Labute approximate surface area is 124 Å². The first-order valence-electron chi connectivity index (χ1n) is 7.33. The SMILES string of the molecule is COc1ccc2[nH]c(CNC(=O)CC3C=CCC3)cc2c1. The van der Waals surface area contributed by atoms with E-state index >= 15 is 0 Å². The van der Waals surface area contributed by atoms with Crippen molar-refractivity contribution in [2.45, 2.75) is 25.8 Å². The number of H-pyrrole nitrogens is 1. The Balaban J connectivity index is 1.59. The number of hydrogen-bond donors (Lipinski definition) is 2. The van der Waals surface area contributed by atoms with Crippen molar-refractivity contribution in [3.8, 4) is 5.75 Å². The molecule has 1 aromatic heterocycles. The molecular weight excluding hydrogens is 264 g/mol. The molecule has 1 unspecified atom stereocenters. The quantitative estimate of drug-likeness (QED) is 0.829. The lowest BCUT2D eigenvalue weighted by Crippen LogP contribution is -2.24. The summed E-state index contributed by atoms with van der Waals surface area (Å²) < 4.78 is 5.21. The van der Waals surface area contributed by atoms with E-state index < -0.39 is 0 Å². The van der Waals surface area contributed by atoms with Crippen molar-refractivity contribution in [3.05, 3.63) is 42.1 Å². The molecule has 1 heterocycles. The molecule has 3 rings (SSSR count). The molecular formula is C17H20N2O2. The van der Waals surface area contributed by atoms with Crippen molar-refractivity contribution in [2.75, 3.05) is 7.11 Å². The lowest BCUT2D eigenvalue weighted by Gasteiger charge is -2.07. The number of hydrogen-bond acceptors (Lipinski definition) is 2. The van der Waals surface area contributed by atoms with Gasteiger partial charge in [0.25, 0.3) is 0 Å². The number of aromatic amines is 1. The van der Waals surface area contributed by atoms with Crippen LogP contribution in [-0.4, -0.2) is 18.0 Å². The number of methoxy groups -OCH3 is 1. The number of allylic oxidation sites excluding steroid dienone is 2. The Morgan fingerprint density at radius 3 is 3.10 bits per heavy atom. The number of nitrogens with one attached hydrogen (secondary N) is 2. The summed E-state index contributed by atoms with van der Waals surface area (Å²) in [4.78, 5) is 15.2. The molecule has 4 heteroatoms. The topological polar surface area (TPSA) is 54.1 Å². The van der Waals surface area contributed by atoms with E-state index in [0.29, 0.717) is 18.9 Å². The van der Waals surface area contributed by atoms with Gasteiger partial charge in [-0.15, -0.1) is 0 Å². The molecule has 0 saturated heterocycles. The first-order valence-corrected chi connectivity index (χ1v) is 7.33. The minimum atomic E-state index is 0.114. The zero-order valence-corrected chi connectivity index (χ0v) is 12.2. The Morgan fingerprint density at radius 1 is 1.43 bits per heavy atom. The van der Waals surface area contributed by atoms with Crippen molar-refractivity contribution in [2.24, 2.45) is 5.92 Å². The van der Waals surface area contributed by atoms with Crippen LogP contribution in [0.15, 0.2) is 36.4 Å². The van der Waals surface area contributed by atoms with Gasteiger partial charge in [-0.3, -0.25) is 4.79 Å². The summed E-state index contributed by atoms with van der Waals surface area (Å²) in [5.74, 6) is 1.37. The summed E-state index contributed by atoms with van der Waals surface area (Å²) >= 11 is 0. The molecule has 1 aliphatic rings. The summed E-state index contributed by atoms with van der Waals surface area (Å²) in [5.41, 5.74) is 2.06. The maximum atomic E-state index is 11.9. The minimum absolute atomic E-state index is 0.114. The maximum absolute atomic E-state index is 11.9. The van der Waals surface area contributed by atoms with Gasteiger partial charge in [-0.1, -0.05) is 12.2 Å². The second-order valence-electron chi connectivity index (χ2n) is 5.49. The normalized spacial score (nSPS) is 17.3. The highest BCUT2D eigenvalue weighted by atomic mass is 16.5. The Morgan fingerprint density at radius 2 is 2.33 bits per heavy atom. The Hall–Kier alpha value is -2.23. The molecule has 0 radical (unpaired) electrons. The van der Waals surface area contributed by atoms with E-state index in [1.807, 2.05) is 24.3 Å². The lowest BCUT2D eigenvalue weighted by atomic mass is 10.1. The fraction of sp³-hybridized carbons (Fsp3) is 0.353. The molecule has 0 bridgehead atoms. The van der Waals surface area contributed by atoms with Crippen LogP contribution in [0, 0.1) is 5.92 Å². The van der Waals surface area contributed by atoms with Crippen molar-refractivity contribution in [1.82, 2.24) is 10.3 Å². The molecule has 2 aromatic rings. The summed E-state index contributed by atoms with van der Waals surface area (Å²) in [6, 6.07) is 7.95. The zero-order chi connectivity index (χ0) is 14.7. The van der Waals surface area contributed by atoms with Crippen molar-refractivity contribution < 1.29 is 9.53 Å². The van der Waals surface area contributed by atoms with Gasteiger partial charge in [-0.05, 0) is 43.0 Å². The molecule has 1 amide bonds. The third kappa shape index (κ3) is 3.27. The summed E-state index contributed by atoms with van der Waals surface area (Å²) in [7, 11) is 1.66. The van der Waals surface area contributed by atoms with Crippen LogP contribution in [0.1, 0.15) is 25.0 Å². The molecule has 0 fully saturated rings. The Kier molecular flexibility index (Phi) is 3.95. The average Bonchev–Trinajstić information content (AvgIpc) is 3.12. The van der Waals surface area contributed by atoms with Gasteiger partial charge in [0.05, 0.1) is 13.7 Å². The van der Waals surface area contributed by atoms with Gasteiger partial charge < -0.3 is 15.0 Å². The fourth-order valence-corrected chi connectivity index (χ4v) is 2.76. The second kappa shape index (κ2) is 6.04. The molecule has 0 spiro atoms. The number of benzene rings is 1. The van der Waals surface area contributed by atoms with Gasteiger partial charge in [0.2, 0.25) is 5.91 Å².